The minimum absolute atomic E-state index is 0.147. The summed E-state index contributed by atoms with van der Waals surface area (Å²) in [5, 5.41) is 0. The van der Waals surface area contributed by atoms with Gasteiger partial charge in [0.05, 0.1) is 0 Å². The van der Waals surface area contributed by atoms with Crippen LogP contribution in [0.25, 0.3) is 11.1 Å². The van der Waals surface area contributed by atoms with E-state index in [0.717, 1.165) is 40.7 Å². The summed E-state index contributed by atoms with van der Waals surface area (Å²) >= 11 is 0. The van der Waals surface area contributed by atoms with Crippen molar-refractivity contribution in [3.63, 3.8) is 0 Å². The number of hydrogen-bond donors (Lipinski definition) is 0. The van der Waals surface area contributed by atoms with Crippen molar-refractivity contribution in [3.05, 3.63) is 59.2 Å². The van der Waals surface area contributed by atoms with Crippen molar-refractivity contribution >= 4 is 5.78 Å². The lowest BCUT2D eigenvalue weighted by atomic mass is 9.83. The number of fused-ring (bicyclic) bond motifs is 3. The first-order valence-corrected chi connectivity index (χ1v) is 8.54. The number of rotatable bonds is 6. The van der Waals surface area contributed by atoms with Crippen molar-refractivity contribution in [1.29, 1.82) is 0 Å². The van der Waals surface area contributed by atoms with Gasteiger partial charge in [-0.3, -0.25) is 4.79 Å². The molecular formula is C21H24O2. The summed E-state index contributed by atoms with van der Waals surface area (Å²) in [5.41, 5.74) is 4.51. The van der Waals surface area contributed by atoms with Crippen LogP contribution in [0.3, 0.4) is 0 Å². The number of ether oxygens (including phenoxy) is 1. The van der Waals surface area contributed by atoms with E-state index >= 15 is 0 Å². The lowest BCUT2D eigenvalue weighted by molar-refractivity contribution is -0.140. The molecule has 0 aromatic heterocycles. The Bertz CT molecular complexity index is 732. The lowest BCUT2D eigenvalue weighted by Crippen LogP contribution is -2.39. The number of hydrogen-bond acceptors (Lipinski definition) is 2. The van der Waals surface area contributed by atoms with E-state index in [2.05, 4.69) is 38.1 Å². The van der Waals surface area contributed by atoms with Crippen molar-refractivity contribution in [2.45, 2.75) is 45.6 Å². The topological polar surface area (TPSA) is 26.3 Å². The van der Waals surface area contributed by atoms with Crippen LogP contribution in [0, 0.1) is 6.92 Å². The van der Waals surface area contributed by atoms with Crippen LogP contribution in [0.5, 0.6) is 0 Å². The average molecular weight is 308 g/mol. The third-order valence-electron chi connectivity index (χ3n) is 4.75. The Kier molecular flexibility index (Phi) is 4.36. The quantitative estimate of drug-likeness (QED) is 0.701. The Balaban J connectivity index is 2.27. The normalized spacial score (nSPS) is 18.6. The number of benzene rings is 2. The summed E-state index contributed by atoms with van der Waals surface area (Å²) in [6, 6.07) is 14.4. The Hall–Kier alpha value is -1.93. The van der Waals surface area contributed by atoms with Crippen molar-refractivity contribution in [1.82, 2.24) is 0 Å². The van der Waals surface area contributed by atoms with Gasteiger partial charge in [-0.1, -0.05) is 62.7 Å². The molecule has 1 atom stereocenters. The molecule has 2 nitrogen and oxygen atoms in total. The molecule has 0 spiro atoms. The van der Waals surface area contributed by atoms with E-state index in [-0.39, 0.29) is 5.78 Å². The molecule has 2 aromatic carbocycles. The lowest BCUT2D eigenvalue weighted by Gasteiger charge is -2.31. The summed E-state index contributed by atoms with van der Waals surface area (Å²) < 4.78 is 6.37. The number of carbonyl (C=O) groups is 1. The molecule has 0 heterocycles. The Morgan fingerprint density at radius 3 is 2.52 bits per heavy atom. The Labute approximate surface area is 138 Å². The maximum atomic E-state index is 13.1. The maximum Gasteiger partial charge on any atom is 0.177 e. The van der Waals surface area contributed by atoms with Gasteiger partial charge in [-0.25, -0.2) is 0 Å². The third-order valence-corrected chi connectivity index (χ3v) is 4.75. The van der Waals surface area contributed by atoms with Gasteiger partial charge >= 0.3 is 0 Å². The van der Waals surface area contributed by atoms with Crippen LogP contribution in [-0.2, 0) is 15.1 Å². The van der Waals surface area contributed by atoms with E-state index in [9.17, 15) is 4.79 Å². The zero-order chi connectivity index (χ0) is 16.4. The van der Waals surface area contributed by atoms with E-state index < -0.39 is 5.60 Å². The van der Waals surface area contributed by atoms with Crippen molar-refractivity contribution in [2.24, 2.45) is 0 Å². The van der Waals surface area contributed by atoms with Crippen LogP contribution in [0.2, 0.25) is 0 Å². The first kappa shape index (κ1) is 15.9. The molecule has 1 aliphatic carbocycles. The highest BCUT2D eigenvalue weighted by Crippen LogP contribution is 2.51. The zero-order valence-electron chi connectivity index (χ0n) is 14.2. The molecule has 0 aliphatic heterocycles. The van der Waals surface area contributed by atoms with E-state index in [1.54, 1.807) is 0 Å². The zero-order valence-corrected chi connectivity index (χ0v) is 14.2. The van der Waals surface area contributed by atoms with Gasteiger partial charge < -0.3 is 4.74 Å². The predicted molar refractivity (Wildman–Crippen MR) is 93.6 cm³/mol. The molecule has 3 rings (SSSR count). The van der Waals surface area contributed by atoms with Crippen molar-refractivity contribution < 1.29 is 9.53 Å². The third kappa shape index (κ3) is 2.33. The van der Waals surface area contributed by atoms with Gasteiger partial charge in [0, 0.05) is 24.2 Å². The SMILES string of the molecule is CCCCOC1(C(=O)CC)c2ccccc2-c2cccc(C)c21. The molecule has 2 aromatic rings. The number of carbonyl (C=O) groups excluding carboxylic acids is 1. The van der Waals surface area contributed by atoms with Gasteiger partial charge in [-0.2, -0.15) is 0 Å². The van der Waals surface area contributed by atoms with Gasteiger partial charge in [0.25, 0.3) is 0 Å². The summed E-state index contributed by atoms with van der Waals surface area (Å²) in [6.07, 6.45) is 2.48. The van der Waals surface area contributed by atoms with Crippen LogP contribution < -0.4 is 0 Å². The minimum Gasteiger partial charge on any atom is -0.358 e. The molecule has 0 N–H and O–H groups in total. The van der Waals surface area contributed by atoms with Gasteiger partial charge in [-0.05, 0) is 30.0 Å². The van der Waals surface area contributed by atoms with Gasteiger partial charge in [0.2, 0.25) is 0 Å². The molecule has 0 amide bonds. The largest absolute Gasteiger partial charge is 0.358 e. The monoisotopic (exact) mass is 308 g/mol. The van der Waals surface area contributed by atoms with Crippen LogP contribution in [0.15, 0.2) is 42.5 Å². The fraction of sp³-hybridized carbons (Fsp3) is 0.381. The highest BCUT2D eigenvalue weighted by Gasteiger charge is 2.49. The van der Waals surface area contributed by atoms with Crippen LogP contribution in [0.4, 0.5) is 0 Å². The van der Waals surface area contributed by atoms with Gasteiger partial charge in [0.1, 0.15) is 0 Å². The molecule has 1 unspecified atom stereocenters. The fourth-order valence-electron chi connectivity index (χ4n) is 3.66. The Morgan fingerprint density at radius 1 is 1.04 bits per heavy atom. The van der Waals surface area contributed by atoms with Crippen molar-refractivity contribution in [2.75, 3.05) is 6.61 Å². The van der Waals surface area contributed by atoms with Crippen LogP contribution >= 0.6 is 0 Å². The predicted octanol–water partition coefficient (Wildman–Crippen LogP) is 5.01. The van der Waals surface area contributed by atoms with E-state index in [1.165, 1.54) is 0 Å². The first-order valence-electron chi connectivity index (χ1n) is 8.54. The minimum atomic E-state index is -0.929. The summed E-state index contributed by atoms with van der Waals surface area (Å²) in [4.78, 5) is 13.1. The molecule has 0 saturated heterocycles. The molecule has 0 fully saturated rings. The van der Waals surface area contributed by atoms with Gasteiger partial charge in [-0.15, -0.1) is 0 Å². The molecule has 0 bridgehead atoms. The molecule has 0 saturated carbocycles. The number of unbranched alkanes of at least 4 members (excludes halogenated alkanes) is 1. The number of aryl methyl sites for hydroxylation is 1. The second-order valence-electron chi connectivity index (χ2n) is 6.20. The second kappa shape index (κ2) is 6.29. The first-order chi connectivity index (χ1) is 11.2. The standard InChI is InChI=1S/C21H24O2/c1-4-6-14-23-21(19(22)5-2)18-13-8-7-11-16(18)17-12-9-10-15(3)20(17)21/h7-13H,4-6,14H2,1-3H3. The highest BCUT2D eigenvalue weighted by atomic mass is 16.5. The van der Waals surface area contributed by atoms with Gasteiger partial charge in [0.15, 0.2) is 11.4 Å². The van der Waals surface area contributed by atoms with E-state index in [0.29, 0.717) is 13.0 Å². The smallest absolute Gasteiger partial charge is 0.177 e. The highest BCUT2D eigenvalue weighted by molar-refractivity contribution is 6.00. The molecule has 23 heavy (non-hydrogen) atoms. The molecule has 0 radical (unpaired) electrons. The molecule has 1 aliphatic rings. The summed E-state index contributed by atoms with van der Waals surface area (Å²) in [5.74, 6) is 0.147. The summed E-state index contributed by atoms with van der Waals surface area (Å²) in [7, 11) is 0. The second-order valence-corrected chi connectivity index (χ2v) is 6.20. The molecular weight excluding hydrogens is 284 g/mol. The number of Topliss-reactive ketones (excluding diaryl/α,β-unsaturated/α-hetero) is 1. The molecule has 2 heteroatoms. The van der Waals surface area contributed by atoms with E-state index in [4.69, 9.17) is 4.74 Å². The Morgan fingerprint density at radius 2 is 1.78 bits per heavy atom. The van der Waals surface area contributed by atoms with Crippen molar-refractivity contribution in [3.8, 4) is 11.1 Å². The van der Waals surface area contributed by atoms with Crippen LogP contribution in [-0.4, -0.2) is 12.4 Å². The molecule has 120 valence electrons. The summed E-state index contributed by atoms with van der Waals surface area (Å²) in [6.45, 7) is 6.74. The maximum absolute atomic E-state index is 13.1. The van der Waals surface area contributed by atoms with E-state index in [1.807, 2.05) is 25.1 Å². The number of ketones is 1. The fourth-order valence-corrected chi connectivity index (χ4v) is 3.66. The average Bonchev–Trinajstić information content (AvgIpc) is 2.87. The van der Waals surface area contributed by atoms with Crippen LogP contribution in [0.1, 0.15) is 49.8 Å².